The molecule has 0 aliphatic heterocycles. The van der Waals surface area contributed by atoms with Gasteiger partial charge in [-0.3, -0.25) is 9.48 Å². The van der Waals surface area contributed by atoms with Crippen LogP contribution in [0.5, 0.6) is 0 Å². The molecule has 3 rings (SSSR count). The molecule has 2 aromatic heterocycles. The number of nitrogens with zero attached hydrogens (tertiary/aromatic N) is 4. The highest BCUT2D eigenvalue weighted by atomic mass is 35.5. The summed E-state index contributed by atoms with van der Waals surface area (Å²) >= 11 is 6.26. The fourth-order valence-electron chi connectivity index (χ4n) is 3.01. The van der Waals surface area contributed by atoms with Crippen LogP contribution in [0.3, 0.4) is 0 Å². The van der Waals surface area contributed by atoms with Crippen LogP contribution in [0.15, 0.2) is 34.9 Å². The van der Waals surface area contributed by atoms with Crippen molar-refractivity contribution in [2.75, 3.05) is 0 Å². The highest BCUT2D eigenvalue weighted by molar-refractivity contribution is 6.31. The summed E-state index contributed by atoms with van der Waals surface area (Å²) in [5.74, 6) is 0.627. The number of hydrogen-bond acceptors (Lipinski definition) is 5. The van der Waals surface area contributed by atoms with Gasteiger partial charge < -0.3 is 9.84 Å². The molecule has 0 radical (unpaired) electrons. The van der Waals surface area contributed by atoms with Crippen molar-refractivity contribution < 1.29 is 9.32 Å². The number of amides is 1. The second-order valence-electron chi connectivity index (χ2n) is 7.42. The summed E-state index contributed by atoms with van der Waals surface area (Å²) in [5, 5.41) is 12.1. The van der Waals surface area contributed by atoms with Crippen molar-refractivity contribution in [3.8, 4) is 0 Å². The molecular weight excluding hydrogens is 390 g/mol. The van der Waals surface area contributed by atoms with Crippen molar-refractivity contribution in [3.63, 3.8) is 0 Å². The van der Waals surface area contributed by atoms with Gasteiger partial charge in [-0.1, -0.05) is 35.0 Å². The standard InChI is InChI=1S/C21H24ClN5O2/c1-13-17(14(2)27(25-13)12-16-8-6-7-9-18(16)22)10-11-19(28)24-21(4,5)20-23-15(3)29-26-20/h6-11H,12H2,1-5H3,(H,24,28)/b11-10+. The van der Waals surface area contributed by atoms with Gasteiger partial charge in [0.25, 0.3) is 0 Å². The molecule has 0 aliphatic rings. The van der Waals surface area contributed by atoms with E-state index >= 15 is 0 Å². The van der Waals surface area contributed by atoms with Gasteiger partial charge in [-0.15, -0.1) is 0 Å². The maximum Gasteiger partial charge on any atom is 0.244 e. The Labute approximate surface area is 174 Å². The summed E-state index contributed by atoms with van der Waals surface area (Å²) in [6.45, 7) is 9.80. The Kier molecular flexibility index (Phi) is 5.88. The van der Waals surface area contributed by atoms with Crippen molar-refractivity contribution in [2.45, 2.75) is 46.7 Å². The van der Waals surface area contributed by atoms with Gasteiger partial charge >= 0.3 is 0 Å². The second kappa shape index (κ2) is 8.21. The van der Waals surface area contributed by atoms with Gasteiger partial charge in [-0.2, -0.15) is 10.1 Å². The van der Waals surface area contributed by atoms with Crippen LogP contribution in [0.4, 0.5) is 0 Å². The van der Waals surface area contributed by atoms with Crippen LogP contribution in [0, 0.1) is 20.8 Å². The minimum absolute atomic E-state index is 0.255. The molecule has 0 fully saturated rings. The summed E-state index contributed by atoms with van der Waals surface area (Å²) in [6, 6.07) is 7.69. The monoisotopic (exact) mass is 413 g/mol. The number of hydrogen-bond donors (Lipinski definition) is 1. The first kappa shape index (κ1) is 20.8. The molecule has 0 bridgehead atoms. The van der Waals surface area contributed by atoms with Gasteiger partial charge in [-0.05, 0) is 45.4 Å². The molecule has 0 saturated carbocycles. The van der Waals surface area contributed by atoms with Gasteiger partial charge in [0.1, 0.15) is 0 Å². The third-order valence-corrected chi connectivity index (χ3v) is 5.01. The van der Waals surface area contributed by atoms with Crippen LogP contribution in [0.25, 0.3) is 6.08 Å². The third kappa shape index (κ3) is 4.74. The Bertz CT molecular complexity index is 1060. The van der Waals surface area contributed by atoms with E-state index < -0.39 is 5.54 Å². The molecule has 0 unspecified atom stereocenters. The van der Waals surface area contributed by atoms with Crippen molar-refractivity contribution in [1.29, 1.82) is 0 Å². The van der Waals surface area contributed by atoms with E-state index in [1.165, 1.54) is 6.08 Å². The number of carbonyl (C=O) groups excluding carboxylic acids is 1. The molecule has 1 amide bonds. The first-order valence-electron chi connectivity index (χ1n) is 9.26. The fourth-order valence-corrected chi connectivity index (χ4v) is 3.21. The maximum atomic E-state index is 12.4. The molecule has 1 aromatic carbocycles. The molecule has 152 valence electrons. The van der Waals surface area contributed by atoms with Gasteiger partial charge in [-0.25, -0.2) is 0 Å². The number of rotatable bonds is 6. The Morgan fingerprint density at radius 3 is 2.66 bits per heavy atom. The number of benzene rings is 1. The number of nitrogens with one attached hydrogen (secondary N) is 1. The van der Waals surface area contributed by atoms with Crippen LogP contribution in [0.2, 0.25) is 5.02 Å². The molecule has 29 heavy (non-hydrogen) atoms. The quantitative estimate of drug-likeness (QED) is 0.618. The first-order chi connectivity index (χ1) is 13.7. The lowest BCUT2D eigenvalue weighted by atomic mass is 10.0. The average Bonchev–Trinajstić information content (AvgIpc) is 3.19. The van der Waals surface area contributed by atoms with Crippen molar-refractivity contribution in [1.82, 2.24) is 25.2 Å². The van der Waals surface area contributed by atoms with E-state index in [2.05, 4.69) is 20.6 Å². The minimum Gasteiger partial charge on any atom is -0.340 e. The molecule has 0 atom stereocenters. The molecule has 0 spiro atoms. The van der Waals surface area contributed by atoms with E-state index in [0.717, 1.165) is 22.5 Å². The zero-order valence-corrected chi connectivity index (χ0v) is 17.9. The van der Waals surface area contributed by atoms with E-state index in [-0.39, 0.29) is 5.91 Å². The summed E-state index contributed by atoms with van der Waals surface area (Å²) < 4.78 is 6.89. The largest absolute Gasteiger partial charge is 0.340 e. The lowest BCUT2D eigenvalue weighted by molar-refractivity contribution is -0.118. The van der Waals surface area contributed by atoms with E-state index in [4.69, 9.17) is 16.1 Å². The molecular formula is C21H24ClN5O2. The van der Waals surface area contributed by atoms with E-state index in [9.17, 15) is 4.79 Å². The van der Waals surface area contributed by atoms with Crippen LogP contribution in [-0.2, 0) is 16.9 Å². The molecule has 0 aliphatic carbocycles. The Morgan fingerprint density at radius 2 is 2.00 bits per heavy atom. The van der Waals surface area contributed by atoms with Crippen LogP contribution in [0.1, 0.15) is 48.1 Å². The summed E-state index contributed by atoms with van der Waals surface area (Å²) in [6.07, 6.45) is 3.26. The first-order valence-corrected chi connectivity index (χ1v) is 9.63. The smallest absolute Gasteiger partial charge is 0.244 e. The lowest BCUT2D eigenvalue weighted by Gasteiger charge is -2.21. The average molecular weight is 414 g/mol. The van der Waals surface area contributed by atoms with Crippen LogP contribution < -0.4 is 5.32 Å². The number of aromatic nitrogens is 4. The zero-order valence-electron chi connectivity index (χ0n) is 17.2. The van der Waals surface area contributed by atoms with Gasteiger partial charge in [0.05, 0.1) is 17.8 Å². The minimum atomic E-state index is -0.752. The maximum absolute atomic E-state index is 12.4. The molecule has 1 N–H and O–H groups in total. The van der Waals surface area contributed by atoms with Crippen molar-refractivity contribution in [2.24, 2.45) is 0 Å². The van der Waals surface area contributed by atoms with Gasteiger partial charge in [0.2, 0.25) is 11.8 Å². The number of carbonyl (C=O) groups is 1. The fraction of sp³-hybridized carbons (Fsp3) is 0.333. The number of halogens is 1. The Hall–Kier alpha value is -2.93. The highest BCUT2D eigenvalue weighted by Crippen LogP contribution is 2.21. The van der Waals surface area contributed by atoms with Crippen LogP contribution >= 0.6 is 11.6 Å². The summed E-state index contributed by atoms with van der Waals surface area (Å²) in [7, 11) is 0. The summed E-state index contributed by atoms with van der Waals surface area (Å²) in [5.41, 5.74) is 2.94. The van der Waals surface area contributed by atoms with E-state index in [1.807, 2.05) is 56.6 Å². The highest BCUT2D eigenvalue weighted by Gasteiger charge is 2.27. The summed E-state index contributed by atoms with van der Waals surface area (Å²) in [4.78, 5) is 16.6. The molecule has 2 heterocycles. The third-order valence-electron chi connectivity index (χ3n) is 4.64. The van der Waals surface area contributed by atoms with Crippen molar-refractivity contribution in [3.05, 3.63) is 69.6 Å². The Morgan fingerprint density at radius 1 is 1.28 bits per heavy atom. The predicted octanol–water partition coefficient (Wildman–Crippen LogP) is 3.96. The molecule has 8 heteroatoms. The molecule has 3 aromatic rings. The SMILES string of the molecule is Cc1nc(C(C)(C)NC(=O)/C=C/c2c(C)nn(Cc3ccccc3Cl)c2C)no1. The van der Waals surface area contributed by atoms with Gasteiger partial charge in [0.15, 0.2) is 5.82 Å². The Balaban J connectivity index is 1.74. The number of aryl methyl sites for hydroxylation is 2. The lowest BCUT2D eigenvalue weighted by Crippen LogP contribution is -2.41. The topological polar surface area (TPSA) is 85.8 Å². The zero-order chi connectivity index (χ0) is 21.2. The van der Waals surface area contributed by atoms with E-state index in [1.54, 1.807) is 13.0 Å². The molecule has 7 nitrogen and oxygen atoms in total. The van der Waals surface area contributed by atoms with Gasteiger partial charge in [0, 0.05) is 29.3 Å². The van der Waals surface area contributed by atoms with E-state index in [0.29, 0.717) is 23.3 Å². The van der Waals surface area contributed by atoms with Crippen LogP contribution in [-0.4, -0.2) is 25.8 Å². The normalized spacial score (nSPS) is 11.9. The predicted molar refractivity (Wildman–Crippen MR) is 111 cm³/mol. The molecule has 0 saturated heterocycles. The van der Waals surface area contributed by atoms with Crippen molar-refractivity contribution >= 4 is 23.6 Å². The second-order valence-corrected chi connectivity index (χ2v) is 7.83.